The maximum atomic E-state index is 5.71. The largest absolute Gasteiger partial charge is 0.493 e. The van der Waals surface area contributed by atoms with Crippen molar-refractivity contribution in [3.63, 3.8) is 0 Å². The quantitative estimate of drug-likeness (QED) is 0.277. The van der Waals surface area contributed by atoms with E-state index in [1.165, 1.54) is 94.7 Å². The Bertz CT molecular complexity index is 602. The monoisotopic (exact) mass is 419 g/mol. The maximum Gasteiger partial charge on any atom is 0.203 e. The van der Waals surface area contributed by atoms with Gasteiger partial charge in [0.25, 0.3) is 0 Å². The Labute approximate surface area is 185 Å². The third-order valence-electron chi connectivity index (χ3n) is 6.43. The first-order chi connectivity index (χ1) is 14.7. The molecule has 2 rings (SSSR count). The van der Waals surface area contributed by atoms with Gasteiger partial charge >= 0.3 is 0 Å². The normalized spacial score (nSPS) is 13.9. The van der Waals surface area contributed by atoms with Crippen LogP contribution in [0.1, 0.15) is 95.1 Å². The predicted molar refractivity (Wildman–Crippen MR) is 126 cm³/mol. The Kier molecular flexibility index (Phi) is 12.1. The fourth-order valence-electron chi connectivity index (χ4n) is 4.61. The van der Waals surface area contributed by atoms with Gasteiger partial charge in [-0.15, -0.1) is 0 Å². The highest BCUT2D eigenvalue weighted by Gasteiger charge is 2.25. The molecule has 1 aromatic carbocycles. The highest BCUT2D eigenvalue weighted by molar-refractivity contribution is 5.59. The first-order valence-electron chi connectivity index (χ1n) is 12.3. The highest BCUT2D eigenvalue weighted by atomic mass is 16.5. The molecule has 0 bridgehead atoms. The number of methoxy groups -OCH3 is 3. The summed E-state index contributed by atoms with van der Waals surface area (Å²) >= 11 is 0. The van der Waals surface area contributed by atoms with E-state index < -0.39 is 0 Å². The minimum absolute atomic E-state index is 0.714. The lowest BCUT2D eigenvalue weighted by atomic mass is 9.97. The van der Waals surface area contributed by atoms with Gasteiger partial charge in [-0.3, -0.25) is 4.90 Å². The molecule has 0 aromatic heterocycles. The van der Waals surface area contributed by atoms with Gasteiger partial charge in [0.2, 0.25) is 5.75 Å². The number of rotatable bonds is 16. The molecule has 0 unspecified atom stereocenters. The van der Waals surface area contributed by atoms with Gasteiger partial charge in [0.1, 0.15) is 0 Å². The molecule has 0 saturated carbocycles. The minimum atomic E-state index is 0.714. The predicted octanol–water partition coefficient (Wildman–Crippen LogP) is 6.77. The lowest BCUT2D eigenvalue weighted by Gasteiger charge is -2.31. The summed E-state index contributed by atoms with van der Waals surface area (Å²) in [6, 6.07) is 2.12. The van der Waals surface area contributed by atoms with Crippen molar-refractivity contribution in [1.29, 1.82) is 0 Å². The second-order valence-electron chi connectivity index (χ2n) is 8.70. The number of hydrogen-bond donors (Lipinski definition) is 0. The van der Waals surface area contributed by atoms with E-state index in [2.05, 4.69) is 17.9 Å². The van der Waals surface area contributed by atoms with Crippen LogP contribution in [0, 0.1) is 0 Å². The molecular weight excluding hydrogens is 374 g/mol. The molecule has 0 radical (unpaired) electrons. The van der Waals surface area contributed by atoms with Crippen LogP contribution >= 0.6 is 0 Å². The van der Waals surface area contributed by atoms with Gasteiger partial charge in [-0.25, -0.2) is 0 Å². The first-order valence-corrected chi connectivity index (χ1v) is 12.3. The van der Waals surface area contributed by atoms with Gasteiger partial charge in [-0.1, -0.05) is 77.6 Å². The number of ether oxygens (including phenoxy) is 3. The van der Waals surface area contributed by atoms with Crippen molar-refractivity contribution in [1.82, 2.24) is 4.90 Å². The van der Waals surface area contributed by atoms with Crippen molar-refractivity contribution in [2.75, 3.05) is 34.4 Å². The number of unbranched alkanes of at least 4 members (excludes halogenated alkanes) is 11. The Morgan fingerprint density at radius 2 is 1.30 bits per heavy atom. The van der Waals surface area contributed by atoms with Gasteiger partial charge in [0, 0.05) is 18.7 Å². The smallest absolute Gasteiger partial charge is 0.203 e. The molecule has 0 saturated heterocycles. The molecular formula is C26H45NO3. The summed E-state index contributed by atoms with van der Waals surface area (Å²) in [6.45, 7) is 5.52. The summed E-state index contributed by atoms with van der Waals surface area (Å²) in [5.41, 5.74) is 2.59. The van der Waals surface area contributed by atoms with Crippen LogP contribution in [-0.2, 0) is 13.0 Å². The van der Waals surface area contributed by atoms with Gasteiger partial charge in [0.05, 0.1) is 21.3 Å². The molecule has 0 spiro atoms. The number of benzene rings is 1. The Hall–Kier alpha value is -1.42. The van der Waals surface area contributed by atoms with E-state index in [1.807, 2.05) is 0 Å². The van der Waals surface area contributed by atoms with Gasteiger partial charge in [-0.2, -0.15) is 0 Å². The number of nitrogens with zero attached hydrogens (tertiary/aromatic N) is 1. The molecule has 1 aliphatic rings. The lowest BCUT2D eigenvalue weighted by molar-refractivity contribution is 0.239. The standard InChI is InChI=1S/C26H45NO3/c1-5-6-7-8-9-10-11-12-13-14-15-16-18-27-19-17-22-20-24(28-2)26(30-4)25(29-3)23(22)21-27/h20H,5-19,21H2,1-4H3. The topological polar surface area (TPSA) is 30.9 Å². The molecule has 0 aliphatic carbocycles. The third kappa shape index (κ3) is 7.68. The second-order valence-corrected chi connectivity index (χ2v) is 8.70. The molecule has 1 aromatic rings. The summed E-state index contributed by atoms with van der Waals surface area (Å²) in [5.74, 6) is 2.32. The zero-order valence-corrected chi connectivity index (χ0v) is 20.1. The van der Waals surface area contributed by atoms with Crippen molar-refractivity contribution in [2.24, 2.45) is 0 Å². The molecule has 4 nitrogen and oxygen atoms in total. The van der Waals surface area contributed by atoms with E-state index in [1.54, 1.807) is 21.3 Å². The van der Waals surface area contributed by atoms with Crippen molar-refractivity contribution in [3.8, 4) is 17.2 Å². The summed E-state index contributed by atoms with van der Waals surface area (Å²) in [5, 5.41) is 0. The van der Waals surface area contributed by atoms with Crippen LogP contribution in [0.2, 0.25) is 0 Å². The van der Waals surface area contributed by atoms with E-state index in [9.17, 15) is 0 Å². The van der Waals surface area contributed by atoms with Crippen LogP contribution in [0.25, 0.3) is 0 Å². The van der Waals surface area contributed by atoms with Crippen molar-refractivity contribution in [2.45, 2.75) is 96.9 Å². The molecule has 30 heavy (non-hydrogen) atoms. The van der Waals surface area contributed by atoms with E-state index >= 15 is 0 Å². The van der Waals surface area contributed by atoms with Gasteiger partial charge < -0.3 is 14.2 Å². The van der Waals surface area contributed by atoms with Gasteiger partial charge in [-0.05, 0) is 31.0 Å². The minimum Gasteiger partial charge on any atom is -0.493 e. The van der Waals surface area contributed by atoms with E-state index in [-0.39, 0.29) is 0 Å². The lowest BCUT2D eigenvalue weighted by Crippen LogP contribution is -2.31. The van der Waals surface area contributed by atoms with E-state index in [4.69, 9.17) is 14.2 Å². The summed E-state index contributed by atoms with van der Waals surface area (Å²) < 4.78 is 16.8. The zero-order chi connectivity index (χ0) is 21.6. The molecule has 0 amide bonds. The van der Waals surface area contributed by atoms with Crippen LogP contribution in [0.15, 0.2) is 6.07 Å². The second kappa shape index (κ2) is 14.6. The Morgan fingerprint density at radius 3 is 1.83 bits per heavy atom. The molecule has 0 fully saturated rings. The van der Waals surface area contributed by atoms with Crippen LogP contribution in [0.4, 0.5) is 0 Å². The summed E-state index contributed by atoms with van der Waals surface area (Å²) in [6.07, 6.45) is 17.8. The van der Waals surface area contributed by atoms with E-state index in [0.717, 1.165) is 31.0 Å². The fraction of sp³-hybridized carbons (Fsp3) is 0.769. The number of fused-ring (bicyclic) bond motifs is 1. The van der Waals surface area contributed by atoms with Gasteiger partial charge in [0.15, 0.2) is 11.5 Å². The zero-order valence-electron chi connectivity index (χ0n) is 20.1. The molecule has 0 atom stereocenters. The molecule has 1 aliphatic heterocycles. The van der Waals surface area contributed by atoms with Crippen molar-refractivity contribution >= 4 is 0 Å². The highest BCUT2D eigenvalue weighted by Crippen LogP contribution is 2.43. The van der Waals surface area contributed by atoms with Crippen LogP contribution in [0.3, 0.4) is 0 Å². The Morgan fingerprint density at radius 1 is 0.733 bits per heavy atom. The summed E-state index contributed by atoms with van der Waals surface area (Å²) in [7, 11) is 5.09. The Balaban J connectivity index is 1.64. The van der Waals surface area contributed by atoms with Crippen LogP contribution in [0.5, 0.6) is 17.2 Å². The third-order valence-corrected chi connectivity index (χ3v) is 6.43. The van der Waals surface area contributed by atoms with Crippen LogP contribution in [-0.4, -0.2) is 39.3 Å². The number of hydrogen-bond acceptors (Lipinski definition) is 4. The molecule has 172 valence electrons. The fourth-order valence-corrected chi connectivity index (χ4v) is 4.61. The average Bonchev–Trinajstić information content (AvgIpc) is 2.78. The summed E-state index contributed by atoms with van der Waals surface area (Å²) in [4.78, 5) is 2.56. The average molecular weight is 420 g/mol. The van der Waals surface area contributed by atoms with Crippen molar-refractivity contribution in [3.05, 3.63) is 17.2 Å². The molecule has 1 heterocycles. The maximum absolute atomic E-state index is 5.71. The van der Waals surface area contributed by atoms with Crippen LogP contribution < -0.4 is 14.2 Å². The van der Waals surface area contributed by atoms with E-state index in [0.29, 0.717) is 5.75 Å². The SMILES string of the molecule is CCCCCCCCCCCCCCN1CCc2cc(OC)c(OC)c(OC)c2C1. The molecule has 4 heteroatoms. The molecule has 0 N–H and O–H groups in total. The first kappa shape index (κ1) is 24.8. The van der Waals surface area contributed by atoms with Crippen molar-refractivity contribution < 1.29 is 14.2 Å².